The van der Waals surface area contributed by atoms with E-state index in [1.165, 1.54) is 43.3 Å². The number of esters is 2. The molecule has 0 aliphatic carbocycles. The van der Waals surface area contributed by atoms with Gasteiger partial charge in [0.25, 0.3) is 0 Å². The summed E-state index contributed by atoms with van der Waals surface area (Å²) in [6.45, 7) is -0.289. The van der Waals surface area contributed by atoms with Crippen LogP contribution in [0.3, 0.4) is 0 Å². The molecule has 8 nitrogen and oxygen atoms in total. The van der Waals surface area contributed by atoms with E-state index in [2.05, 4.69) is 19.8 Å². The zero-order valence-electron chi connectivity index (χ0n) is 11.4. The van der Waals surface area contributed by atoms with Crippen LogP contribution in [0.5, 0.6) is 0 Å². The number of nitrogens with zero attached hydrogens (tertiary/aromatic N) is 3. The fraction of sp³-hybridized carbons (Fsp3) is 0.231. The highest BCUT2D eigenvalue weighted by Gasteiger charge is 2.16. The maximum atomic E-state index is 11.7. The molecule has 1 aromatic carbocycles. The Kier molecular flexibility index (Phi) is 4.29. The molecule has 8 heteroatoms. The first-order chi connectivity index (χ1) is 10.1. The summed E-state index contributed by atoms with van der Waals surface area (Å²) in [5.41, 5.74) is 1.12. The highest BCUT2D eigenvalue weighted by Crippen LogP contribution is 2.17. The molecule has 0 saturated heterocycles. The van der Waals surface area contributed by atoms with Gasteiger partial charge in [-0.2, -0.15) is 0 Å². The minimum Gasteiger partial charge on any atom is -0.465 e. The van der Waals surface area contributed by atoms with Gasteiger partial charge in [-0.05, 0) is 18.2 Å². The first-order valence-electron chi connectivity index (χ1n) is 5.93. The second-order valence-corrected chi connectivity index (χ2v) is 4.05. The van der Waals surface area contributed by atoms with Crippen LogP contribution in [0.1, 0.15) is 26.4 Å². The van der Waals surface area contributed by atoms with Crippen molar-refractivity contribution >= 4 is 11.9 Å². The lowest BCUT2D eigenvalue weighted by Crippen LogP contribution is -2.10. The van der Waals surface area contributed by atoms with Crippen LogP contribution in [0.15, 0.2) is 24.4 Å². The Bertz CT molecular complexity index is 646. The number of carbonyl (C=O) groups excluding carboxylic acids is 2. The zero-order chi connectivity index (χ0) is 15.4. The standard InChI is InChI=1S/C13H13N3O5/c1-20-12(18)8-3-9(13(19)21-2)5-10(4-8)16-11(7-17)6-14-15-16/h3-6,17H,7H2,1-2H3. The number of carbonyl (C=O) groups is 2. The number of hydrogen-bond donors (Lipinski definition) is 1. The van der Waals surface area contributed by atoms with Crippen LogP contribution in [0.25, 0.3) is 5.69 Å². The number of methoxy groups -OCH3 is 2. The van der Waals surface area contributed by atoms with Crippen LogP contribution in [0.2, 0.25) is 0 Å². The molecule has 1 heterocycles. The van der Waals surface area contributed by atoms with Gasteiger partial charge in [0.05, 0.1) is 49.5 Å². The van der Waals surface area contributed by atoms with E-state index in [4.69, 9.17) is 0 Å². The van der Waals surface area contributed by atoms with Crippen LogP contribution < -0.4 is 0 Å². The maximum absolute atomic E-state index is 11.7. The van der Waals surface area contributed by atoms with Gasteiger partial charge in [0.1, 0.15) is 0 Å². The molecular weight excluding hydrogens is 278 g/mol. The van der Waals surface area contributed by atoms with Crippen molar-refractivity contribution in [1.29, 1.82) is 0 Å². The third-order valence-corrected chi connectivity index (χ3v) is 2.79. The van der Waals surface area contributed by atoms with Crippen LogP contribution in [-0.2, 0) is 16.1 Å². The minimum absolute atomic E-state index is 0.162. The highest BCUT2D eigenvalue weighted by molar-refractivity contribution is 5.96. The van der Waals surface area contributed by atoms with Crippen molar-refractivity contribution in [2.75, 3.05) is 14.2 Å². The fourth-order valence-corrected chi connectivity index (χ4v) is 1.79. The molecule has 0 aliphatic rings. The molecule has 110 valence electrons. The number of aromatic nitrogens is 3. The highest BCUT2D eigenvalue weighted by atomic mass is 16.5. The zero-order valence-corrected chi connectivity index (χ0v) is 11.4. The number of rotatable bonds is 4. The van der Waals surface area contributed by atoms with Crippen molar-refractivity contribution in [3.63, 3.8) is 0 Å². The van der Waals surface area contributed by atoms with E-state index in [0.717, 1.165) is 0 Å². The lowest BCUT2D eigenvalue weighted by Gasteiger charge is -2.09. The summed E-state index contributed by atoms with van der Waals surface area (Å²) < 4.78 is 10.6. The van der Waals surface area contributed by atoms with Gasteiger partial charge >= 0.3 is 11.9 Å². The molecule has 1 aromatic heterocycles. The van der Waals surface area contributed by atoms with Crippen molar-refractivity contribution in [2.24, 2.45) is 0 Å². The Balaban J connectivity index is 2.60. The summed E-state index contributed by atoms with van der Waals surface area (Å²) in [7, 11) is 2.48. The van der Waals surface area contributed by atoms with E-state index >= 15 is 0 Å². The normalized spacial score (nSPS) is 10.2. The van der Waals surface area contributed by atoms with Gasteiger partial charge in [0.2, 0.25) is 0 Å². The van der Waals surface area contributed by atoms with E-state index in [1.807, 2.05) is 0 Å². The average Bonchev–Trinajstić information content (AvgIpc) is 3.01. The van der Waals surface area contributed by atoms with Gasteiger partial charge in [-0.3, -0.25) is 0 Å². The lowest BCUT2D eigenvalue weighted by molar-refractivity contribution is 0.0599. The average molecular weight is 291 g/mol. The molecule has 0 amide bonds. The van der Waals surface area contributed by atoms with Crippen molar-refractivity contribution in [3.8, 4) is 5.69 Å². The topological polar surface area (TPSA) is 104 Å². The first-order valence-corrected chi connectivity index (χ1v) is 5.93. The molecule has 0 radical (unpaired) electrons. The SMILES string of the molecule is COC(=O)c1cc(C(=O)OC)cc(-n2nncc2CO)c1. The van der Waals surface area contributed by atoms with Crippen LogP contribution in [-0.4, -0.2) is 46.3 Å². The summed E-state index contributed by atoms with van der Waals surface area (Å²) >= 11 is 0. The molecule has 0 fully saturated rings. The summed E-state index contributed by atoms with van der Waals surface area (Å²) in [5, 5.41) is 16.7. The minimum atomic E-state index is -0.604. The van der Waals surface area contributed by atoms with Crippen LogP contribution >= 0.6 is 0 Å². The Morgan fingerprint density at radius 1 is 1.14 bits per heavy atom. The number of ether oxygens (including phenoxy) is 2. The molecule has 0 saturated carbocycles. The molecule has 2 aromatic rings. The monoisotopic (exact) mass is 291 g/mol. The summed E-state index contributed by atoms with van der Waals surface area (Å²) in [6, 6.07) is 4.31. The predicted octanol–water partition coefficient (Wildman–Crippen LogP) is 0.333. The van der Waals surface area contributed by atoms with Crippen molar-refractivity contribution in [3.05, 3.63) is 41.2 Å². The van der Waals surface area contributed by atoms with Gasteiger partial charge in [-0.25, -0.2) is 14.3 Å². The van der Waals surface area contributed by atoms with Gasteiger partial charge in [-0.15, -0.1) is 5.10 Å². The van der Waals surface area contributed by atoms with Crippen LogP contribution in [0, 0.1) is 0 Å². The smallest absolute Gasteiger partial charge is 0.337 e. The first kappa shape index (κ1) is 14.7. The predicted molar refractivity (Wildman–Crippen MR) is 70.0 cm³/mol. The molecule has 21 heavy (non-hydrogen) atoms. The Labute approximate surface area is 119 Å². The summed E-state index contributed by atoms with van der Waals surface area (Å²) in [4.78, 5) is 23.4. The molecule has 0 aliphatic heterocycles. The Hall–Kier alpha value is -2.74. The number of hydrogen-bond acceptors (Lipinski definition) is 7. The molecule has 0 atom stereocenters. The lowest BCUT2D eigenvalue weighted by atomic mass is 10.1. The second-order valence-electron chi connectivity index (χ2n) is 4.05. The van der Waals surface area contributed by atoms with Gasteiger partial charge in [0.15, 0.2) is 0 Å². The Morgan fingerprint density at radius 2 is 1.71 bits per heavy atom. The third kappa shape index (κ3) is 2.90. The van der Waals surface area contributed by atoms with Gasteiger partial charge in [0, 0.05) is 0 Å². The van der Waals surface area contributed by atoms with Gasteiger partial charge < -0.3 is 14.6 Å². The van der Waals surface area contributed by atoms with Gasteiger partial charge in [-0.1, -0.05) is 5.21 Å². The van der Waals surface area contributed by atoms with Crippen molar-refractivity contribution in [1.82, 2.24) is 15.0 Å². The van der Waals surface area contributed by atoms with E-state index in [0.29, 0.717) is 11.4 Å². The third-order valence-electron chi connectivity index (χ3n) is 2.79. The molecular formula is C13H13N3O5. The van der Waals surface area contributed by atoms with Crippen molar-refractivity contribution in [2.45, 2.75) is 6.61 Å². The van der Waals surface area contributed by atoms with E-state index in [1.54, 1.807) is 0 Å². The number of benzene rings is 1. The number of aliphatic hydroxyl groups is 1. The summed E-state index contributed by atoms with van der Waals surface area (Å²) in [6.07, 6.45) is 1.38. The van der Waals surface area contributed by atoms with Crippen molar-refractivity contribution < 1.29 is 24.2 Å². The molecule has 1 N–H and O–H groups in total. The molecule has 2 rings (SSSR count). The summed E-state index contributed by atoms with van der Waals surface area (Å²) in [5.74, 6) is -1.21. The number of aliphatic hydroxyl groups excluding tert-OH is 1. The van der Waals surface area contributed by atoms with E-state index in [-0.39, 0.29) is 17.7 Å². The van der Waals surface area contributed by atoms with Crippen LogP contribution in [0.4, 0.5) is 0 Å². The molecule has 0 bridgehead atoms. The van der Waals surface area contributed by atoms with E-state index < -0.39 is 11.9 Å². The fourth-order valence-electron chi connectivity index (χ4n) is 1.79. The maximum Gasteiger partial charge on any atom is 0.337 e. The quantitative estimate of drug-likeness (QED) is 0.809. The van der Waals surface area contributed by atoms with E-state index in [9.17, 15) is 14.7 Å². The second kappa shape index (κ2) is 6.14. The molecule has 0 spiro atoms. The Morgan fingerprint density at radius 3 is 2.19 bits per heavy atom. The largest absolute Gasteiger partial charge is 0.465 e. The molecule has 0 unspecified atom stereocenters.